The Bertz CT molecular complexity index is 795. The van der Waals surface area contributed by atoms with Gasteiger partial charge in [0.2, 0.25) is 0 Å². The lowest BCUT2D eigenvalue weighted by molar-refractivity contribution is 0.0693. The van der Waals surface area contributed by atoms with Crippen LogP contribution in [0, 0.1) is 6.92 Å². The van der Waals surface area contributed by atoms with Gasteiger partial charge in [-0.25, -0.2) is 4.79 Å². The van der Waals surface area contributed by atoms with Crippen LogP contribution in [-0.4, -0.2) is 15.6 Å². The van der Waals surface area contributed by atoms with Crippen molar-refractivity contribution >= 4 is 21.9 Å². The number of carboxylic acids is 1. The molecule has 1 unspecified atom stereocenters. The first-order valence-corrected chi connectivity index (χ1v) is 7.51. The molecule has 1 atom stereocenters. The highest BCUT2D eigenvalue weighted by molar-refractivity contribution is 9.10. The van der Waals surface area contributed by atoms with E-state index in [2.05, 4.69) is 28.1 Å². The van der Waals surface area contributed by atoms with E-state index in [0.29, 0.717) is 5.69 Å². The monoisotopic (exact) mass is 347 g/mol. The second kappa shape index (κ2) is 5.15. The van der Waals surface area contributed by atoms with Gasteiger partial charge in [-0.15, -0.1) is 0 Å². The van der Waals surface area contributed by atoms with E-state index in [0.717, 1.165) is 17.3 Å². The Labute approximate surface area is 130 Å². The molecule has 21 heavy (non-hydrogen) atoms. The van der Waals surface area contributed by atoms with Crippen molar-refractivity contribution in [3.63, 3.8) is 0 Å². The number of aromatic nitrogens is 1. The molecule has 0 radical (unpaired) electrons. The SMILES string of the molecule is Cc1c(C(=O)O)c(=O)ccn1C1CCc2cc(Br)ccc21. The van der Waals surface area contributed by atoms with E-state index in [4.69, 9.17) is 0 Å². The smallest absolute Gasteiger partial charge is 0.341 e. The number of halogens is 1. The third kappa shape index (κ3) is 2.31. The minimum absolute atomic E-state index is 0.0896. The molecule has 108 valence electrons. The maximum absolute atomic E-state index is 11.7. The topological polar surface area (TPSA) is 59.3 Å². The van der Waals surface area contributed by atoms with E-state index in [9.17, 15) is 14.7 Å². The van der Waals surface area contributed by atoms with Gasteiger partial charge in [0.25, 0.3) is 0 Å². The summed E-state index contributed by atoms with van der Waals surface area (Å²) in [5.74, 6) is -1.17. The molecule has 0 bridgehead atoms. The Hall–Kier alpha value is -1.88. The second-order valence-corrected chi connectivity index (χ2v) is 6.17. The van der Waals surface area contributed by atoms with Gasteiger partial charge < -0.3 is 9.67 Å². The number of aryl methyl sites for hydroxylation is 1. The Morgan fingerprint density at radius 1 is 1.38 bits per heavy atom. The first-order chi connectivity index (χ1) is 9.99. The fourth-order valence-corrected chi connectivity index (χ4v) is 3.51. The summed E-state index contributed by atoms with van der Waals surface area (Å²) >= 11 is 3.47. The minimum Gasteiger partial charge on any atom is -0.477 e. The van der Waals surface area contributed by atoms with Crippen LogP contribution in [0.4, 0.5) is 0 Å². The van der Waals surface area contributed by atoms with Gasteiger partial charge in [-0.2, -0.15) is 0 Å². The summed E-state index contributed by atoms with van der Waals surface area (Å²) in [5, 5.41) is 9.23. The molecular weight excluding hydrogens is 334 g/mol. The highest BCUT2D eigenvalue weighted by atomic mass is 79.9. The lowest BCUT2D eigenvalue weighted by Crippen LogP contribution is -2.22. The molecule has 1 heterocycles. The number of nitrogens with zero attached hydrogens (tertiary/aromatic N) is 1. The van der Waals surface area contributed by atoms with Crippen molar-refractivity contribution in [3.05, 3.63) is 67.5 Å². The van der Waals surface area contributed by atoms with E-state index < -0.39 is 11.4 Å². The van der Waals surface area contributed by atoms with E-state index in [1.165, 1.54) is 17.2 Å². The molecule has 1 aliphatic carbocycles. The van der Waals surface area contributed by atoms with Crippen LogP contribution in [-0.2, 0) is 6.42 Å². The van der Waals surface area contributed by atoms with E-state index in [1.807, 2.05) is 10.6 Å². The molecule has 0 spiro atoms. The number of pyridine rings is 1. The summed E-state index contributed by atoms with van der Waals surface area (Å²) in [5.41, 5.74) is 2.40. The van der Waals surface area contributed by atoms with Crippen LogP contribution in [0.25, 0.3) is 0 Å². The second-order valence-electron chi connectivity index (χ2n) is 5.25. The standard InChI is InChI=1S/C16H14BrNO3/c1-9-15(16(20)21)14(19)6-7-18(9)13-5-2-10-8-11(17)3-4-12(10)13/h3-4,6-8,13H,2,5H2,1H3,(H,20,21). The van der Waals surface area contributed by atoms with E-state index in [-0.39, 0.29) is 11.6 Å². The summed E-state index contributed by atoms with van der Waals surface area (Å²) < 4.78 is 2.95. The highest BCUT2D eigenvalue weighted by Crippen LogP contribution is 2.36. The average molecular weight is 348 g/mol. The molecular formula is C16H14BrNO3. The first kappa shape index (κ1) is 14.1. The lowest BCUT2D eigenvalue weighted by Gasteiger charge is -2.20. The average Bonchev–Trinajstić information content (AvgIpc) is 2.81. The van der Waals surface area contributed by atoms with Crippen molar-refractivity contribution in [2.45, 2.75) is 25.8 Å². The van der Waals surface area contributed by atoms with Gasteiger partial charge >= 0.3 is 5.97 Å². The summed E-state index contributed by atoms with van der Waals surface area (Å²) in [4.78, 5) is 23.0. The minimum atomic E-state index is -1.17. The molecule has 0 aliphatic heterocycles. The van der Waals surface area contributed by atoms with Crippen LogP contribution in [0.3, 0.4) is 0 Å². The maximum atomic E-state index is 11.7. The Morgan fingerprint density at radius 2 is 2.14 bits per heavy atom. The summed E-state index contributed by atoms with van der Waals surface area (Å²) in [6.07, 6.45) is 3.56. The fourth-order valence-electron chi connectivity index (χ4n) is 3.10. The Morgan fingerprint density at radius 3 is 2.86 bits per heavy atom. The zero-order chi connectivity index (χ0) is 15.1. The maximum Gasteiger partial charge on any atom is 0.341 e. The number of benzene rings is 1. The zero-order valence-corrected chi connectivity index (χ0v) is 13.1. The van der Waals surface area contributed by atoms with Gasteiger partial charge in [-0.1, -0.05) is 22.0 Å². The number of carboxylic acid groups (broad SMARTS) is 1. The van der Waals surface area contributed by atoms with E-state index in [1.54, 1.807) is 13.1 Å². The number of rotatable bonds is 2. The van der Waals surface area contributed by atoms with E-state index >= 15 is 0 Å². The molecule has 5 heteroatoms. The Kier molecular flexibility index (Phi) is 3.45. The fraction of sp³-hybridized carbons (Fsp3) is 0.250. The van der Waals surface area contributed by atoms with Crippen molar-refractivity contribution < 1.29 is 9.90 Å². The molecule has 0 saturated carbocycles. The number of hydrogen-bond donors (Lipinski definition) is 1. The van der Waals surface area contributed by atoms with Crippen molar-refractivity contribution in [3.8, 4) is 0 Å². The van der Waals surface area contributed by atoms with Crippen molar-refractivity contribution in [2.75, 3.05) is 0 Å². The molecule has 0 saturated heterocycles. The van der Waals surface area contributed by atoms with Gasteiger partial charge in [0.1, 0.15) is 5.56 Å². The number of fused-ring (bicyclic) bond motifs is 1. The molecule has 1 aliphatic rings. The summed E-state index contributed by atoms with van der Waals surface area (Å²) in [6.45, 7) is 1.70. The van der Waals surface area contributed by atoms with Gasteiger partial charge in [-0.05, 0) is 43.0 Å². The molecule has 1 N–H and O–H groups in total. The van der Waals surface area contributed by atoms with Crippen LogP contribution in [0.1, 0.15) is 39.6 Å². The molecule has 2 aromatic rings. The number of carbonyl (C=O) groups is 1. The number of hydrogen-bond acceptors (Lipinski definition) is 2. The van der Waals surface area contributed by atoms with Crippen molar-refractivity contribution in [1.82, 2.24) is 4.57 Å². The molecule has 1 aromatic carbocycles. The third-order valence-electron chi connectivity index (χ3n) is 4.08. The van der Waals surface area contributed by atoms with Crippen LogP contribution >= 0.6 is 15.9 Å². The van der Waals surface area contributed by atoms with Crippen LogP contribution in [0.15, 0.2) is 39.7 Å². The molecule has 0 amide bonds. The molecule has 0 fully saturated rings. The van der Waals surface area contributed by atoms with Crippen LogP contribution in [0.5, 0.6) is 0 Å². The lowest BCUT2D eigenvalue weighted by atomic mass is 10.1. The zero-order valence-electron chi connectivity index (χ0n) is 11.5. The predicted molar refractivity (Wildman–Crippen MR) is 83.0 cm³/mol. The van der Waals surface area contributed by atoms with Crippen LogP contribution < -0.4 is 5.43 Å². The largest absolute Gasteiger partial charge is 0.477 e. The first-order valence-electron chi connectivity index (χ1n) is 6.72. The van der Waals surface area contributed by atoms with Gasteiger partial charge in [0.05, 0.1) is 6.04 Å². The summed E-state index contributed by atoms with van der Waals surface area (Å²) in [7, 11) is 0. The van der Waals surface area contributed by atoms with Crippen LogP contribution in [0.2, 0.25) is 0 Å². The van der Waals surface area contributed by atoms with Gasteiger partial charge in [0.15, 0.2) is 5.43 Å². The number of aromatic carboxylic acids is 1. The predicted octanol–water partition coefficient (Wildman–Crippen LogP) is 3.15. The molecule has 4 nitrogen and oxygen atoms in total. The normalized spacial score (nSPS) is 16.8. The molecule has 3 rings (SSSR count). The van der Waals surface area contributed by atoms with Gasteiger partial charge in [-0.3, -0.25) is 4.79 Å². The van der Waals surface area contributed by atoms with Gasteiger partial charge in [0, 0.05) is 22.4 Å². The highest BCUT2D eigenvalue weighted by Gasteiger charge is 2.26. The van der Waals surface area contributed by atoms with Crippen molar-refractivity contribution in [2.24, 2.45) is 0 Å². The quantitative estimate of drug-likeness (QED) is 0.907. The molecule has 1 aromatic heterocycles. The third-order valence-corrected chi connectivity index (χ3v) is 4.58. The summed E-state index contributed by atoms with van der Waals surface area (Å²) in [6, 6.07) is 7.59. The Balaban J connectivity index is 2.14. The van der Waals surface area contributed by atoms with Crippen molar-refractivity contribution in [1.29, 1.82) is 0 Å².